The first-order valence-electron chi connectivity index (χ1n) is 9.17. The molecule has 2 aromatic rings. The van der Waals surface area contributed by atoms with Crippen LogP contribution in [-0.2, 0) is 0 Å². The lowest BCUT2D eigenvalue weighted by Gasteiger charge is -2.14. The molecule has 5 nitrogen and oxygen atoms in total. The molecule has 0 N–H and O–H groups in total. The number of methoxy groups -OCH3 is 1. The van der Waals surface area contributed by atoms with E-state index < -0.39 is 0 Å². The molecule has 0 atom stereocenters. The van der Waals surface area contributed by atoms with E-state index in [0.29, 0.717) is 41.8 Å². The third-order valence-electron chi connectivity index (χ3n) is 4.19. The number of rotatable bonds is 7. The first-order valence-corrected chi connectivity index (χ1v) is 9.17. The van der Waals surface area contributed by atoms with Gasteiger partial charge < -0.3 is 18.9 Å². The fraction of sp³-hybridized carbons (Fsp3) is 0.261. The lowest BCUT2D eigenvalue weighted by Crippen LogP contribution is -2.03. The van der Waals surface area contributed by atoms with Crippen LogP contribution in [0, 0.1) is 0 Å². The number of para-hydroxylation sites is 1. The maximum atomic E-state index is 12.7. The summed E-state index contributed by atoms with van der Waals surface area (Å²) in [5.41, 5.74) is 2.39. The minimum absolute atomic E-state index is 0.172. The van der Waals surface area contributed by atoms with Gasteiger partial charge in [-0.1, -0.05) is 17.7 Å². The van der Waals surface area contributed by atoms with Crippen molar-refractivity contribution >= 4 is 11.9 Å². The summed E-state index contributed by atoms with van der Waals surface area (Å²) in [6, 6.07) is 10.7. The molecule has 0 bridgehead atoms. The fourth-order valence-electron chi connectivity index (χ4n) is 2.80. The highest BCUT2D eigenvalue weighted by Gasteiger charge is 2.28. The van der Waals surface area contributed by atoms with Crippen molar-refractivity contribution < 1.29 is 23.7 Å². The number of fused-ring (bicyclic) bond motifs is 1. The van der Waals surface area contributed by atoms with E-state index in [-0.39, 0.29) is 11.5 Å². The quantitative estimate of drug-likeness (QED) is 0.497. The fourth-order valence-corrected chi connectivity index (χ4v) is 2.80. The van der Waals surface area contributed by atoms with Crippen LogP contribution in [0.4, 0.5) is 0 Å². The highest BCUT2D eigenvalue weighted by atomic mass is 16.5. The Labute approximate surface area is 165 Å². The van der Waals surface area contributed by atoms with Gasteiger partial charge >= 0.3 is 0 Å². The maximum Gasteiger partial charge on any atom is 0.231 e. The van der Waals surface area contributed by atoms with Crippen LogP contribution in [0.25, 0.3) is 6.08 Å². The Balaban J connectivity index is 1.95. The van der Waals surface area contributed by atoms with Crippen molar-refractivity contribution in [2.45, 2.75) is 20.8 Å². The molecule has 0 saturated carbocycles. The predicted octanol–water partition coefficient (Wildman–Crippen LogP) is 5.06. The molecule has 0 spiro atoms. The lowest BCUT2D eigenvalue weighted by molar-refractivity contribution is 0.101. The minimum atomic E-state index is -0.172. The van der Waals surface area contributed by atoms with Crippen LogP contribution in [0.3, 0.4) is 0 Å². The summed E-state index contributed by atoms with van der Waals surface area (Å²) < 4.78 is 22.6. The van der Waals surface area contributed by atoms with Gasteiger partial charge in [-0.2, -0.15) is 0 Å². The van der Waals surface area contributed by atoms with Crippen molar-refractivity contribution in [3.05, 3.63) is 64.9 Å². The van der Waals surface area contributed by atoms with E-state index in [1.165, 1.54) is 0 Å². The van der Waals surface area contributed by atoms with E-state index in [4.69, 9.17) is 18.9 Å². The van der Waals surface area contributed by atoms with E-state index in [9.17, 15) is 4.79 Å². The third-order valence-corrected chi connectivity index (χ3v) is 4.19. The van der Waals surface area contributed by atoms with E-state index in [2.05, 4.69) is 0 Å². The van der Waals surface area contributed by atoms with Gasteiger partial charge in [0.15, 0.2) is 17.3 Å². The molecule has 0 radical (unpaired) electrons. The van der Waals surface area contributed by atoms with Gasteiger partial charge in [0.1, 0.15) is 18.1 Å². The molecule has 28 heavy (non-hydrogen) atoms. The van der Waals surface area contributed by atoms with Crippen LogP contribution in [-0.4, -0.2) is 26.1 Å². The van der Waals surface area contributed by atoms with Gasteiger partial charge in [0, 0.05) is 11.6 Å². The Morgan fingerprint density at radius 3 is 2.68 bits per heavy atom. The average Bonchev–Trinajstić information content (AvgIpc) is 2.98. The van der Waals surface area contributed by atoms with Gasteiger partial charge in [-0.3, -0.25) is 4.79 Å². The highest BCUT2D eigenvalue weighted by Crippen LogP contribution is 2.37. The number of ketones is 1. The molecule has 3 rings (SSSR count). The standard InChI is InChI=1S/C23H24O5/c1-5-26-19-8-6-7-16(23(19)27-12-11-15(2)3)13-21-22(24)18-10-9-17(25-4)14-20(18)28-21/h6-11,13-14H,5,12H2,1-4H3/b21-13-. The number of hydrogen-bond acceptors (Lipinski definition) is 5. The van der Waals surface area contributed by atoms with Crippen molar-refractivity contribution in [2.24, 2.45) is 0 Å². The number of Topliss-reactive ketones (excluding diaryl/α,β-unsaturated/α-hetero) is 1. The number of carbonyl (C=O) groups excluding carboxylic acids is 1. The molecule has 1 aliphatic rings. The first-order chi connectivity index (χ1) is 13.5. The zero-order chi connectivity index (χ0) is 20.1. The second kappa shape index (κ2) is 8.65. The monoisotopic (exact) mass is 380 g/mol. The summed E-state index contributed by atoms with van der Waals surface area (Å²) in [5.74, 6) is 2.40. The molecule has 0 unspecified atom stereocenters. The molecular formula is C23H24O5. The van der Waals surface area contributed by atoms with Gasteiger partial charge in [0.05, 0.1) is 19.3 Å². The van der Waals surface area contributed by atoms with Crippen LogP contribution in [0.15, 0.2) is 53.8 Å². The van der Waals surface area contributed by atoms with Crippen LogP contribution in [0.2, 0.25) is 0 Å². The second-order valence-corrected chi connectivity index (χ2v) is 6.50. The largest absolute Gasteiger partial charge is 0.497 e. The van der Waals surface area contributed by atoms with Crippen molar-refractivity contribution in [2.75, 3.05) is 20.3 Å². The third kappa shape index (κ3) is 4.19. The SMILES string of the molecule is CCOc1cccc(/C=C2\Oc3cc(OC)ccc3C2=O)c1OCC=C(C)C. The Kier molecular flexibility index (Phi) is 6.04. The number of ether oxygens (including phenoxy) is 4. The normalized spacial score (nSPS) is 13.7. The van der Waals surface area contributed by atoms with Gasteiger partial charge in [-0.25, -0.2) is 0 Å². The molecule has 5 heteroatoms. The molecule has 0 aliphatic carbocycles. The van der Waals surface area contributed by atoms with Crippen molar-refractivity contribution in [1.82, 2.24) is 0 Å². The van der Waals surface area contributed by atoms with E-state index in [1.54, 1.807) is 31.4 Å². The Bertz CT molecular complexity index is 936. The van der Waals surface area contributed by atoms with E-state index >= 15 is 0 Å². The van der Waals surface area contributed by atoms with Crippen LogP contribution in [0.5, 0.6) is 23.0 Å². The van der Waals surface area contributed by atoms with E-state index in [0.717, 1.165) is 11.1 Å². The number of allylic oxidation sites excluding steroid dienone is 2. The molecule has 1 heterocycles. The molecule has 146 valence electrons. The second-order valence-electron chi connectivity index (χ2n) is 6.50. The number of hydrogen-bond donors (Lipinski definition) is 0. The molecule has 2 aromatic carbocycles. The number of benzene rings is 2. The summed E-state index contributed by atoms with van der Waals surface area (Å²) in [5, 5.41) is 0. The molecule has 0 saturated heterocycles. The highest BCUT2D eigenvalue weighted by molar-refractivity contribution is 6.14. The Morgan fingerprint density at radius 1 is 1.14 bits per heavy atom. The maximum absolute atomic E-state index is 12.7. The smallest absolute Gasteiger partial charge is 0.231 e. The summed E-state index contributed by atoms with van der Waals surface area (Å²) in [7, 11) is 1.57. The zero-order valence-electron chi connectivity index (χ0n) is 16.6. The molecule has 0 fully saturated rings. The molecule has 0 aromatic heterocycles. The molecule has 0 amide bonds. The van der Waals surface area contributed by atoms with E-state index in [1.807, 2.05) is 45.0 Å². The summed E-state index contributed by atoms with van der Waals surface area (Å²) >= 11 is 0. The topological polar surface area (TPSA) is 54.0 Å². The van der Waals surface area contributed by atoms with Crippen LogP contribution in [0.1, 0.15) is 36.7 Å². The lowest BCUT2D eigenvalue weighted by atomic mass is 10.1. The zero-order valence-corrected chi connectivity index (χ0v) is 16.6. The molecule has 1 aliphatic heterocycles. The van der Waals surface area contributed by atoms with Crippen molar-refractivity contribution in [3.63, 3.8) is 0 Å². The van der Waals surface area contributed by atoms with Gasteiger partial charge in [0.25, 0.3) is 0 Å². The summed E-state index contributed by atoms with van der Waals surface area (Å²) in [6.45, 7) is 6.86. The van der Waals surface area contributed by atoms with Gasteiger partial charge in [0.2, 0.25) is 5.78 Å². The first kappa shape index (κ1) is 19.5. The Hall–Kier alpha value is -3.21. The van der Waals surface area contributed by atoms with Gasteiger partial charge in [-0.15, -0.1) is 0 Å². The predicted molar refractivity (Wildman–Crippen MR) is 108 cm³/mol. The van der Waals surface area contributed by atoms with Crippen LogP contribution < -0.4 is 18.9 Å². The summed E-state index contributed by atoms with van der Waals surface area (Å²) in [6.07, 6.45) is 3.67. The number of carbonyl (C=O) groups is 1. The minimum Gasteiger partial charge on any atom is -0.497 e. The molecular weight excluding hydrogens is 356 g/mol. The summed E-state index contributed by atoms with van der Waals surface area (Å²) in [4.78, 5) is 12.7. The Morgan fingerprint density at radius 2 is 1.96 bits per heavy atom. The van der Waals surface area contributed by atoms with Crippen molar-refractivity contribution in [3.8, 4) is 23.0 Å². The van der Waals surface area contributed by atoms with Crippen LogP contribution >= 0.6 is 0 Å². The van der Waals surface area contributed by atoms with Gasteiger partial charge in [-0.05, 0) is 51.1 Å². The van der Waals surface area contributed by atoms with Crippen molar-refractivity contribution in [1.29, 1.82) is 0 Å². The average molecular weight is 380 g/mol.